The lowest BCUT2D eigenvalue weighted by atomic mass is 10.3. The molecule has 1 atom stereocenters. The Morgan fingerprint density at radius 2 is 1.63 bits per heavy atom. The molecule has 1 N–H and O–H groups in total. The minimum absolute atomic E-state index is 0.0725. The molecule has 3 nitrogen and oxygen atoms in total. The van der Waals surface area contributed by atoms with E-state index in [1.54, 1.807) is 6.92 Å². The molecule has 0 aliphatic heterocycles. The molecular formula is C15H14BrNO2. The minimum Gasteiger partial charge on any atom is -0.457 e. The molecule has 0 spiro atoms. The summed E-state index contributed by atoms with van der Waals surface area (Å²) in [6.07, 6.45) is 0. The number of alkyl halides is 1. The van der Waals surface area contributed by atoms with Gasteiger partial charge in [0.15, 0.2) is 0 Å². The third kappa shape index (κ3) is 4.10. The van der Waals surface area contributed by atoms with Crippen LogP contribution < -0.4 is 10.1 Å². The second-order valence-electron chi connectivity index (χ2n) is 4.04. The Bertz CT molecular complexity index is 538. The molecule has 0 aliphatic rings. The predicted molar refractivity (Wildman–Crippen MR) is 80.0 cm³/mol. The molecule has 98 valence electrons. The Hall–Kier alpha value is -1.81. The summed E-state index contributed by atoms with van der Waals surface area (Å²) in [5, 5.41) is 2.79. The van der Waals surface area contributed by atoms with Crippen molar-refractivity contribution < 1.29 is 9.53 Å². The summed E-state index contributed by atoms with van der Waals surface area (Å²) >= 11 is 3.22. The summed E-state index contributed by atoms with van der Waals surface area (Å²) in [6, 6.07) is 16.8. The van der Waals surface area contributed by atoms with Gasteiger partial charge in [-0.2, -0.15) is 0 Å². The van der Waals surface area contributed by atoms with Gasteiger partial charge in [-0.1, -0.05) is 34.1 Å². The highest BCUT2D eigenvalue weighted by Crippen LogP contribution is 2.22. The summed E-state index contributed by atoms with van der Waals surface area (Å²) < 4.78 is 5.66. The Balaban J connectivity index is 2.01. The normalized spacial score (nSPS) is 11.7. The van der Waals surface area contributed by atoms with Crippen LogP contribution >= 0.6 is 15.9 Å². The number of rotatable bonds is 4. The third-order valence-corrected chi connectivity index (χ3v) is 2.88. The largest absolute Gasteiger partial charge is 0.457 e. The summed E-state index contributed by atoms with van der Waals surface area (Å²) in [5.74, 6) is 1.45. The number of ether oxygens (including phenoxy) is 1. The maximum atomic E-state index is 11.5. The van der Waals surface area contributed by atoms with Gasteiger partial charge in [0, 0.05) is 5.69 Å². The first kappa shape index (κ1) is 13.6. The van der Waals surface area contributed by atoms with Crippen molar-refractivity contribution in [1.82, 2.24) is 0 Å². The number of carbonyl (C=O) groups excluding carboxylic acids is 1. The second kappa shape index (κ2) is 6.38. The molecule has 0 aliphatic carbocycles. The lowest BCUT2D eigenvalue weighted by Crippen LogP contribution is -2.19. The fraction of sp³-hybridized carbons (Fsp3) is 0.133. The Morgan fingerprint density at radius 1 is 1.05 bits per heavy atom. The quantitative estimate of drug-likeness (QED) is 0.858. The molecule has 4 heteroatoms. The molecular weight excluding hydrogens is 306 g/mol. The number of halogens is 1. The number of amides is 1. The zero-order chi connectivity index (χ0) is 13.7. The first-order valence-corrected chi connectivity index (χ1v) is 6.84. The Morgan fingerprint density at radius 3 is 2.21 bits per heavy atom. The van der Waals surface area contributed by atoms with Crippen molar-refractivity contribution >= 4 is 27.5 Å². The van der Waals surface area contributed by atoms with Crippen LogP contribution in [0.2, 0.25) is 0 Å². The van der Waals surface area contributed by atoms with Crippen LogP contribution in [0.3, 0.4) is 0 Å². The Labute approximate surface area is 120 Å². The van der Waals surface area contributed by atoms with E-state index >= 15 is 0 Å². The lowest BCUT2D eigenvalue weighted by molar-refractivity contribution is -0.115. The topological polar surface area (TPSA) is 38.3 Å². The fourth-order valence-electron chi connectivity index (χ4n) is 1.47. The van der Waals surface area contributed by atoms with Crippen LogP contribution in [-0.2, 0) is 4.79 Å². The number of carbonyl (C=O) groups is 1. The van der Waals surface area contributed by atoms with Crippen LogP contribution in [-0.4, -0.2) is 10.7 Å². The van der Waals surface area contributed by atoms with Gasteiger partial charge in [0.2, 0.25) is 5.91 Å². The molecule has 2 rings (SSSR count). The molecule has 0 radical (unpaired) electrons. The number of nitrogens with one attached hydrogen (secondary N) is 1. The van der Waals surface area contributed by atoms with E-state index in [4.69, 9.17) is 4.74 Å². The zero-order valence-electron chi connectivity index (χ0n) is 10.5. The van der Waals surface area contributed by atoms with Crippen LogP contribution in [0.15, 0.2) is 54.6 Å². The molecule has 0 saturated heterocycles. The van der Waals surface area contributed by atoms with Gasteiger partial charge >= 0.3 is 0 Å². The minimum atomic E-state index is -0.215. The smallest absolute Gasteiger partial charge is 0.237 e. The van der Waals surface area contributed by atoms with Gasteiger partial charge in [-0.25, -0.2) is 0 Å². The van der Waals surface area contributed by atoms with Crippen molar-refractivity contribution in [1.29, 1.82) is 0 Å². The summed E-state index contributed by atoms with van der Waals surface area (Å²) in [7, 11) is 0. The summed E-state index contributed by atoms with van der Waals surface area (Å²) in [4.78, 5) is 11.3. The van der Waals surface area contributed by atoms with E-state index in [0.717, 1.165) is 17.2 Å². The summed E-state index contributed by atoms with van der Waals surface area (Å²) in [5.41, 5.74) is 0.747. The van der Waals surface area contributed by atoms with Crippen LogP contribution in [0.5, 0.6) is 11.5 Å². The van der Waals surface area contributed by atoms with E-state index in [1.165, 1.54) is 0 Å². The van der Waals surface area contributed by atoms with E-state index in [0.29, 0.717) is 0 Å². The SMILES string of the molecule is C[C@@H](Br)C(=O)Nc1ccc(Oc2ccccc2)cc1. The van der Waals surface area contributed by atoms with Crippen molar-refractivity contribution in [2.75, 3.05) is 5.32 Å². The van der Waals surface area contributed by atoms with Crippen LogP contribution in [0.1, 0.15) is 6.92 Å². The molecule has 2 aromatic carbocycles. The average Bonchev–Trinajstić information content (AvgIpc) is 2.42. The van der Waals surface area contributed by atoms with Crippen molar-refractivity contribution in [2.24, 2.45) is 0 Å². The average molecular weight is 320 g/mol. The van der Waals surface area contributed by atoms with E-state index in [-0.39, 0.29) is 10.7 Å². The van der Waals surface area contributed by atoms with Gasteiger partial charge in [0.1, 0.15) is 11.5 Å². The predicted octanol–water partition coefficient (Wildman–Crippen LogP) is 4.20. The van der Waals surface area contributed by atoms with E-state index in [2.05, 4.69) is 21.2 Å². The first-order valence-electron chi connectivity index (χ1n) is 5.93. The van der Waals surface area contributed by atoms with Gasteiger partial charge < -0.3 is 10.1 Å². The maximum Gasteiger partial charge on any atom is 0.237 e. The van der Waals surface area contributed by atoms with Crippen LogP contribution in [0.4, 0.5) is 5.69 Å². The number of anilines is 1. The van der Waals surface area contributed by atoms with E-state index < -0.39 is 0 Å². The highest BCUT2D eigenvalue weighted by Gasteiger charge is 2.08. The number of benzene rings is 2. The van der Waals surface area contributed by atoms with Gasteiger partial charge in [-0.3, -0.25) is 4.79 Å². The fourth-order valence-corrected chi connectivity index (χ4v) is 1.59. The molecule has 0 bridgehead atoms. The second-order valence-corrected chi connectivity index (χ2v) is 5.42. The van der Waals surface area contributed by atoms with Crippen molar-refractivity contribution in [3.63, 3.8) is 0 Å². The maximum absolute atomic E-state index is 11.5. The van der Waals surface area contributed by atoms with Crippen LogP contribution in [0.25, 0.3) is 0 Å². The molecule has 19 heavy (non-hydrogen) atoms. The van der Waals surface area contributed by atoms with Gasteiger partial charge in [-0.05, 0) is 43.3 Å². The van der Waals surface area contributed by atoms with Gasteiger partial charge in [0.25, 0.3) is 0 Å². The molecule has 1 amide bonds. The van der Waals surface area contributed by atoms with Crippen molar-refractivity contribution in [3.8, 4) is 11.5 Å². The monoisotopic (exact) mass is 319 g/mol. The van der Waals surface area contributed by atoms with Crippen molar-refractivity contribution in [3.05, 3.63) is 54.6 Å². The Kier molecular flexibility index (Phi) is 4.58. The van der Waals surface area contributed by atoms with Gasteiger partial charge in [-0.15, -0.1) is 0 Å². The number of para-hydroxylation sites is 1. The van der Waals surface area contributed by atoms with Crippen molar-refractivity contribution in [2.45, 2.75) is 11.8 Å². The van der Waals surface area contributed by atoms with Gasteiger partial charge in [0.05, 0.1) is 4.83 Å². The molecule has 2 aromatic rings. The number of hydrogen-bond donors (Lipinski definition) is 1. The molecule has 0 aromatic heterocycles. The van der Waals surface area contributed by atoms with Crippen LogP contribution in [0, 0.1) is 0 Å². The lowest BCUT2D eigenvalue weighted by Gasteiger charge is -2.08. The number of hydrogen-bond acceptors (Lipinski definition) is 2. The molecule has 0 heterocycles. The third-order valence-electron chi connectivity index (χ3n) is 2.46. The van der Waals surface area contributed by atoms with E-state index in [9.17, 15) is 4.79 Å². The van der Waals surface area contributed by atoms with E-state index in [1.807, 2.05) is 54.6 Å². The highest BCUT2D eigenvalue weighted by atomic mass is 79.9. The molecule has 0 saturated carbocycles. The highest BCUT2D eigenvalue weighted by molar-refractivity contribution is 9.10. The zero-order valence-corrected chi connectivity index (χ0v) is 12.1. The molecule has 0 unspecified atom stereocenters. The summed E-state index contributed by atoms with van der Waals surface area (Å²) in [6.45, 7) is 1.78. The molecule has 0 fully saturated rings. The first-order chi connectivity index (χ1) is 9.15. The standard InChI is InChI=1S/C15H14BrNO2/c1-11(16)15(18)17-12-7-9-14(10-8-12)19-13-5-3-2-4-6-13/h2-11H,1H3,(H,17,18)/t11-/m1/s1.